The van der Waals surface area contributed by atoms with Gasteiger partial charge in [-0.25, -0.2) is 4.52 Å². The summed E-state index contributed by atoms with van der Waals surface area (Å²) in [5, 5.41) is 7.97. The van der Waals surface area contributed by atoms with Crippen molar-refractivity contribution >= 4 is 17.2 Å². The van der Waals surface area contributed by atoms with Gasteiger partial charge >= 0.3 is 0 Å². The molecule has 2 aliphatic rings. The Morgan fingerprint density at radius 3 is 2.97 bits per heavy atom. The number of carbonyl (C=O) groups is 1. The topological polar surface area (TPSA) is 90.2 Å². The van der Waals surface area contributed by atoms with Gasteiger partial charge in [-0.3, -0.25) is 4.79 Å². The summed E-state index contributed by atoms with van der Waals surface area (Å²) in [5.41, 5.74) is 5.51. The first-order valence-electron chi connectivity index (χ1n) is 10.8. The number of aryl methyl sites for hydroxylation is 1. The molecular formula is C23H27N5O4. The summed E-state index contributed by atoms with van der Waals surface area (Å²) in [6, 6.07) is 6.15. The normalized spacial score (nSPS) is 20.7. The van der Waals surface area contributed by atoms with E-state index >= 15 is 0 Å². The van der Waals surface area contributed by atoms with E-state index in [4.69, 9.17) is 19.2 Å². The maximum Gasteiger partial charge on any atom is 0.252 e. The number of hydrogen-bond donors (Lipinski definition) is 1. The van der Waals surface area contributed by atoms with Crippen molar-refractivity contribution in [2.24, 2.45) is 0 Å². The van der Waals surface area contributed by atoms with Gasteiger partial charge in [-0.1, -0.05) is 0 Å². The van der Waals surface area contributed by atoms with Crippen LogP contribution in [0.2, 0.25) is 0 Å². The zero-order valence-electron chi connectivity index (χ0n) is 18.5. The van der Waals surface area contributed by atoms with E-state index in [-0.39, 0.29) is 11.9 Å². The van der Waals surface area contributed by atoms with Crippen molar-refractivity contribution in [2.45, 2.75) is 32.1 Å². The molecular weight excluding hydrogens is 410 g/mol. The number of rotatable bonds is 3. The van der Waals surface area contributed by atoms with E-state index in [1.54, 1.807) is 18.7 Å². The third kappa shape index (κ3) is 3.67. The lowest BCUT2D eigenvalue weighted by molar-refractivity contribution is -0.136. The first-order valence-corrected chi connectivity index (χ1v) is 10.8. The van der Waals surface area contributed by atoms with Gasteiger partial charge in [0.05, 0.1) is 18.8 Å². The van der Waals surface area contributed by atoms with Gasteiger partial charge in [0.25, 0.3) is 5.91 Å². The van der Waals surface area contributed by atoms with Gasteiger partial charge < -0.3 is 24.4 Å². The Kier molecular flexibility index (Phi) is 5.44. The van der Waals surface area contributed by atoms with E-state index in [2.05, 4.69) is 28.6 Å². The van der Waals surface area contributed by atoms with Gasteiger partial charge in [-0.15, -0.1) is 0 Å². The molecule has 1 fully saturated rings. The monoisotopic (exact) mass is 437 g/mol. The fraction of sp³-hybridized carbons (Fsp3) is 0.435. The zero-order valence-corrected chi connectivity index (χ0v) is 18.5. The molecule has 3 aromatic rings. The second kappa shape index (κ2) is 8.40. The average Bonchev–Trinajstić information content (AvgIpc) is 3.32. The van der Waals surface area contributed by atoms with Crippen LogP contribution in [0, 0.1) is 6.92 Å². The van der Waals surface area contributed by atoms with Gasteiger partial charge in [0, 0.05) is 56.7 Å². The molecule has 2 aliphatic heterocycles. The standard InChI is InChI=1S/C23H27N5O4/c1-14-11-28-21-19(10-25-28)16-6-15(12-30-2)7-17(8-16)24-4-5-27-18(13-32-22(14)26-21)9-20(31-3)23(27)29/h6-8,10-11,18,20,24H,4-5,9,12-13H2,1-3H3/t18-,20+/m0/s1. The van der Waals surface area contributed by atoms with Gasteiger partial charge in [-0.05, 0) is 36.2 Å². The van der Waals surface area contributed by atoms with Crippen molar-refractivity contribution in [1.82, 2.24) is 19.5 Å². The highest BCUT2D eigenvalue weighted by Gasteiger charge is 2.39. The van der Waals surface area contributed by atoms with E-state index in [9.17, 15) is 4.79 Å². The predicted molar refractivity (Wildman–Crippen MR) is 119 cm³/mol. The SMILES string of the molecule is COCc1cc2cc(c1)-c1cnn3cc(C)c(nc13)OC[C@@H]1C[C@@H](OC)C(=O)N1CCN2. The molecule has 5 rings (SSSR count). The number of nitrogens with zero attached hydrogens (tertiary/aromatic N) is 4. The number of hydrogen-bond acceptors (Lipinski definition) is 7. The van der Waals surface area contributed by atoms with E-state index in [0.29, 0.717) is 38.6 Å². The maximum atomic E-state index is 12.8. The molecule has 0 unspecified atom stereocenters. The maximum absolute atomic E-state index is 12.8. The third-order valence-corrected chi connectivity index (χ3v) is 6.11. The van der Waals surface area contributed by atoms with Crippen molar-refractivity contribution in [3.8, 4) is 17.0 Å². The minimum atomic E-state index is -0.436. The van der Waals surface area contributed by atoms with Crippen LogP contribution in [0.4, 0.5) is 5.69 Å². The molecule has 168 valence electrons. The van der Waals surface area contributed by atoms with E-state index < -0.39 is 6.10 Å². The lowest BCUT2D eigenvalue weighted by Crippen LogP contribution is -2.41. The van der Waals surface area contributed by atoms with Gasteiger partial charge in [0.2, 0.25) is 5.88 Å². The quantitative estimate of drug-likeness (QED) is 0.672. The largest absolute Gasteiger partial charge is 0.475 e. The van der Waals surface area contributed by atoms with Crippen LogP contribution in [-0.2, 0) is 20.9 Å². The van der Waals surface area contributed by atoms with Gasteiger partial charge in [0.1, 0.15) is 12.7 Å². The van der Waals surface area contributed by atoms with Crippen LogP contribution in [0.25, 0.3) is 16.8 Å². The minimum Gasteiger partial charge on any atom is -0.475 e. The molecule has 4 heterocycles. The first-order chi connectivity index (χ1) is 15.6. The van der Waals surface area contributed by atoms with E-state index in [0.717, 1.165) is 33.6 Å². The second-order valence-electron chi connectivity index (χ2n) is 8.29. The summed E-state index contributed by atoms with van der Waals surface area (Å²) in [6.07, 6.45) is 3.91. The van der Waals surface area contributed by atoms with Crippen molar-refractivity contribution in [3.63, 3.8) is 0 Å². The molecule has 2 aromatic heterocycles. The molecule has 0 saturated carbocycles. The summed E-state index contributed by atoms with van der Waals surface area (Å²) in [5.74, 6) is 0.554. The number of aromatic nitrogens is 3. The minimum absolute atomic E-state index is 0.00188. The van der Waals surface area contributed by atoms with Crippen LogP contribution in [0.1, 0.15) is 17.5 Å². The highest BCUT2D eigenvalue weighted by Crippen LogP contribution is 2.31. The fourth-order valence-electron chi connectivity index (χ4n) is 4.52. The van der Waals surface area contributed by atoms with Crippen molar-refractivity contribution in [2.75, 3.05) is 39.2 Å². The van der Waals surface area contributed by atoms with Crippen molar-refractivity contribution < 1.29 is 19.0 Å². The zero-order chi connectivity index (χ0) is 22.2. The van der Waals surface area contributed by atoms with Crippen LogP contribution in [-0.4, -0.2) is 71.5 Å². The van der Waals surface area contributed by atoms with Gasteiger partial charge in [-0.2, -0.15) is 10.1 Å². The number of ether oxygens (including phenoxy) is 3. The molecule has 1 N–H and O–H groups in total. The van der Waals surface area contributed by atoms with E-state index in [1.807, 2.05) is 24.2 Å². The van der Waals surface area contributed by atoms with E-state index in [1.165, 1.54) is 0 Å². The molecule has 0 aliphatic carbocycles. The Morgan fingerprint density at radius 2 is 2.16 bits per heavy atom. The van der Waals surface area contributed by atoms with Crippen LogP contribution in [0.5, 0.6) is 5.88 Å². The molecule has 1 saturated heterocycles. The average molecular weight is 438 g/mol. The molecule has 1 amide bonds. The number of anilines is 1. The highest BCUT2D eigenvalue weighted by molar-refractivity contribution is 5.84. The number of benzene rings is 1. The summed E-state index contributed by atoms with van der Waals surface area (Å²) >= 11 is 0. The molecule has 32 heavy (non-hydrogen) atoms. The summed E-state index contributed by atoms with van der Waals surface area (Å²) in [4.78, 5) is 19.5. The lowest BCUT2D eigenvalue weighted by atomic mass is 10.0. The number of methoxy groups -OCH3 is 2. The fourth-order valence-corrected chi connectivity index (χ4v) is 4.52. The van der Waals surface area contributed by atoms with Crippen molar-refractivity contribution in [1.29, 1.82) is 0 Å². The third-order valence-electron chi connectivity index (χ3n) is 6.11. The van der Waals surface area contributed by atoms with Crippen LogP contribution in [0.3, 0.4) is 0 Å². The molecule has 1 aromatic carbocycles. The number of fused-ring (bicyclic) bond motifs is 5. The van der Waals surface area contributed by atoms with Crippen LogP contribution >= 0.6 is 0 Å². The summed E-state index contributed by atoms with van der Waals surface area (Å²) in [6.45, 7) is 3.97. The lowest BCUT2D eigenvalue weighted by Gasteiger charge is -2.25. The number of amides is 1. The molecule has 4 bridgehead atoms. The molecule has 0 spiro atoms. The molecule has 2 atom stereocenters. The van der Waals surface area contributed by atoms with Crippen LogP contribution < -0.4 is 10.1 Å². The molecule has 0 radical (unpaired) electrons. The molecule has 9 nitrogen and oxygen atoms in total. The number of nitrogens with one attached hydrogen (secondary N) is 1. The van der Waals surface area contributed by atoms with Crippen molar-refractivity contribution in [3.05, 3.63) is 41.7 Å². The Hall–Kier alpha value is -3.17. The van der Waals surface area contributed by atoms with Gasteiger partial charge in [0.15, 0.2) is 5.65 Å². The second-order valence-corrected chi connectivity index (χ2v) is 8.29. The smallest absolute Gasteiger partial charge is 0.252 e. The predicted octanol–water partition coefficient (Wildman–Crippen LogP) is 2.27. The first kappa shape index (κ1) is 20.7. The number of carbonyl (C=O) groups excluding carboxylic acids is 1. The summed E-state index contributed by atoms with van der Waals surface area (Å²) < 4.78 is 18.7. The Labute approximate surface area is 186 Å². The Morgan fingerprint density at radius 1 is 1.28 bits per heavy atom. The summed E-state index contributed by atoms with van der Waals surface area (Å²) in [7, 11) is 3.26. The van der Waals surface area contributed by atoms with Crippen LogP contribution in [0.15, 0.2) is 30.6 Å². The Bertz CT molecular complexity index is 1160. The molecule has 9 heteroatoms. The Balaban J connectivity index is 1.60. The highest BCUT2D eigenvalue weighted by atomic mass is 16.5.